The number of phenols is 1. The van der Waals surface area contributed by atoms with E-state index >= 15 is 0 Å². The molecule has 0 fully saturated rings. The number of rotatable bonds is 8. The van der Waals surface area contributed by atoms with Gasteiger partial charge in [-0.1, -0.05) is 49.4 Å². The van der Waals surface area contributed by atoms with Gasteiger partial charge in [-0.25, -0.2) is 0 Å². The number of aliphatic hydroxyl groups is 1. The summed E-state index contributed by atoms with van der Waals surface area (Å²) >= 11 is 0. The highest BCUT2D eigenvalue weighted by molar-refractivity contribution is 5.98. The van der Waals surface area contributed by atoms with Crippen LogP contribution in [0.15, 0.2) is 65.8 Å². The highest BCUT2D eigenvalue weighted by atomic mass is 16.5. The van der Waals surface area contributed by atoms with Gasteiger partial charge in [0.15, 0.2) is 5.78 Å². The number of carbonyl (C=O) groups excluding carboxylic acids is 1. The van der Waals surface area contributed by atoms with Gasteiger partial charge in [0.25, 0.3) is 0 Å². The van der Waals surface area contributed by atoms with Crippen molar-refractivity contribution in [3.8, 4) is 11.5 Å². The highest BCUT2D eigenvalue weighted by Crippen LogP contribution is 2.33. The van der Waals surface area contributed by atoms with Gasteiger partial charge in [-0.05, 0) is 48.2 Å². The Kier molecular flexibility index (Phi) is 7.12. The van der Waals surface area contributed by atoms with E-state index in [0.717, 1.165) is 5.56 Å². The molecule has 0 amide bonds. The average molecular weight is 434 g/mol. The van der Waals surface area contributed by atoms with Crippen LogP contribution in [0.5, 0.6) is 11.5 Å². The zero-order valence-electron chi connectivity index (χ0n) is 18.1. The van der Waals surface area contributed by atoms with Crippen LogP contribution in [0.4, 0.5) is 0 Å². The summed E-state index contributed by atoms with van der Waals surface area (Å²) < 4.78 is 5.90. The molecule has 7 heteroatoms. The Bertz CT molecular complexity index is 1140. The number of aromatic hydroxyl groups is 1. The van der Waals surface area contributed by atoms with Gasteiger partial charge < -0.3 is 26.5 Å². The molecule has 0 radical (unpaired) electrons. The van der Waals surface area contributed by atoms with Crippen molar-refractivity contribution >= 4 is 11.6 Å². The van der Waals surface area contributed by atoms with Crippen molar-refractivity contribution < 1.29 is 19.7 Å². The van der Waals surface area contributed by atoms with Crippen molar-refractivity contribution in [3.63, 3.8) is 0 Å². The second kappa shape index (κ2) is 9.98. The van der Waals surface area contributed by atoms with Crippen LogP contribution in [0.1, 0.15) is 58.1 Å². The Morgan fingerprint density at radius 3 is 2.44 bits per heavy atom. The van der Waals surface area contributed by atoms with E-state index in [1.54, 1.807) is 36.4 Å². The number of phenolic OH excluding ortho intramolecular Hbond substituents is 1. The van der Waals surface area contributed by atoms with Crippen molar-refractivity contribution in [2.75, 3.05) is 0 Å². The molecule has 1 atom stereocenters. The van der Waals surface area contributed by atoms with Gasteiger partial charge in [-0.15, -0.1) is 0 Å². The molecule has 0 saturated carbocycles. The number of amidine groups is 1. The molecule has 1 unspecified atom stereocenters. The van der Waals surface area contributed by atoms with Crippen LogP contribution in [0, 0.1) is 0 Å². The van der Waals surface area contributed by atoms with E-state index in [2.05, 4.69) is 5.10 Å². The van der Waals surface area contributed by atoms with Crippen LogP contribution < -0.4 is 16.3 Å². The zero-order valence-corrected chi connectivity index (χ0v) is 18.1. The first-order chi connectivity index (χ1) is 15.3. The summed E-state index contributed by atoms with van der Waals surface area (Å²) in [6.45, 7) is 3.59. The predicted molar refractivity (Wildman–Crippen MR) is 124 cm³/mol. The molecule has 32 heavy (non-hydrogen) atoms. The molecule has 0 bridgehead atoms. The number of hydrogen-bond donors (Lipinski definition) is 4. The smallest absolute Gasteiger partial charge is 0.163 e. The van der Waals surface area contributed by atoms with Crippen molar-refractivity contribution in [2.24, 2.45) is 16.7 Å². The molecule has 6 N–H and O–H groups in total. The maximum absolute atomic E-state index is 11.6. The number of nitrogens with zero attached hydrogens (tertiary/aromatic N) is 1. The van der Waals surface area contributed by atoms with Gasteiger partial charge in [0.05, 0.1) is 5.56 Å². The van der Waals surface area contributed by atoms with E-state index in [0.29, 0.717) is 34.4 Å². The molecular weight excluding hydrogens is 406 g/mol. The fourth-order valence-corrected chi connectivity index (χ4v) is 3.47. The van der Waals surface area contributed by atoms with E-state index in [4.69, 9.17) is 16.3 Å². The first-order valence-corrected chi connectivity index (χ1v) is 10.2. The Morgan fingerprint density at radius 1 is 1.09 bits per heavy atom. The van der Waals surface area contributed by atoms with Gasteiger partial charge in [-0.3, -0.25) is 4.79 Å². The maximum atomic E-state index is 11.6. The van der Waals surface area contributed by atoms with E-state index in [1.807, 2.05) is 31.2 Å². The van der Waals surface area contributed by atoms with Gasteiger partial charge in [0.1, 0.15) is 30.0 Å². The lowest BCUT2D eigenvalue weighted by molar-refractivity contribution is 0.101. The topological polar surface area (TPSA) is 131 Å². The second-order valence-corrected chi connectivity index (χ2v) is 7.42. The minimum absolute atomic E-state index is 0.0292. The van der Waals surface area contributed by atoms with Gasteiger partial charge in [-0.2, -0.15) is 5.10 Å². The summed E-state index contributed by atoms with van der Waals surface area (Å²) in [4.78, 5) is 11.6. The van der Waals surface area contributed by atoms with Crippen LogP contribution in [-0.4, -0.2) is 21.8 Å². The summed E-state index contributed by atoms with van der Waals surface area (Å²) in [5, 5.41) is 24.6. The number of Topliss-reactive ketones (excluding diaryl/α,β-unsaturated/α-hetero) is 1. The summed E-state index contributed by atoms with van der Waals surface area (Å²) in [6.07, 6.45) is -0.301. The van der Waals surface area contributed by atoms with Gasteiger partial charge in [0.2, 0.25) is 0 Å². The molecule has 0 aromatic heterocycles. The third-order valence-corrected chi connectivity index (χ3v) is 5.30. The number of carbonyl (C=O) groups is 1. The fraction of sp³-hybridized carbons (Fsp3) is 0.200. The number of aliphatic hydroxyl groups excluding tert-OH is 1. The Hall–Kier alpha value is -3.84. The third kappa shape index (κ3) is 4.90. The normalized spacial score (nSPS) is 12.4. The molecular formula is C25H27N3O4. The quantitative estimate of drug-likeness (QED) is 0.142. The molecule has 7 nitrogen and oxygen atoms in total. The largest absolute Gasteiger partial charge is 0.507 e. The number of hydrogen-bond acceptors (Lipinski definition) is 6. The molecule has 0 spiro atoms. The summed E-state index contributed by atoms with van der Waals surface area (Å²) in [6, 6.07) is 17.8. The van der Waals surface area contributed by atoms with Gasteiger partial charge in [0, 0.05) is 11.1 Å². The molecule has 0 aliphatic heterocycles. The minimum Gasteiger partial charge on any atom is -0.507 e. The lowest BCUT2D eigenvalue weighted by atomic mass is 9.98. The van der Waals surface area contributed by atoms with Crippen molar-refractivity contribution in [3.05, 3.63) is 94.0 Å². The third-order valence-electron chi connectivity index (χ3n) is 5.30. The van der Waals surface area contributed by atoms with E-state index < -0.39 is 6.10 Å². The molecule has 0 heterocycles. The number of nitrogens with two attached hydrogens (primary N) is 2. The van der Waals surface area contributed by atoms with Crippen molar-refractivity contribution in [1.29, 1.82) is 0 Å². The lowest BCUT2D eigenvalue weighted by Crippen LogP contribution is -2.16. The highest BCUT2D eigenvalue weighted by Gasteiger charge is 2.16. The van der Waals surface area contributed by atoms with Crippen LogP contribution in [-0.2, 0) is 13.0 Å². The maximum Gasteiger partial charge on any atom is 0.163 e. The van der Waals surface area contributed by atoms with E-state index in [9.17, 15) is 15.0 Å². The Balaban J connectivity index is 1.73. The number of hydrazone groups is 1. The standard InChI is InChI=1S/C25H27N3O4/c1-3-20-22(12-11-21(15(2)29)24(20)31)32-14-16-7-9-17(10-8-16)23(30)18-5-4-6-19(13-18)25(26)28-27/h4-13,23,30-31H,3,14,27H2,1-2H3,(H2,26,28). The summed E-state index contributed by atoms with van der Waals surface area (Å²) in [7, 11) is 0. The number of benzene rings is 3. The minimum atomic E-state index is -0.835. The monoisotopic (exact) mass is 433 g/mol. The number of ketones is 1. The summed E-state index contributed by atoms with van der Waals surface area (Å²) in [5.41, 5.74) is 9.56. The molecule has 166 valence electrons. The predicted octanol–water partition coefficient (Wildman–Crippen LogP) is 3.40. The Labute approximate surface area is 187 Å². The first-order valence-electron chi connectivity index (χ1n) is 10.2. The molecule has 0 aliphatic rings. The van der Waals surface area contributed by atoms with E-state index in [-0.39, 0.29) is 29.5 Å². The molecule has 3 aromatic carbocycles. The molecule has 3 rings (SSSR count). The van der Waals surface area contributed by atoms with Crippen LogP contribution >= 0.6 is 0 Å². The SMILES string of the molecule is CCc1c(OCc2ccc(C(O)c3cccc(/C(N)=N/N)c3)cc2)ccc(C(C)=O)c1O. The fourth-order valence-electron chi connectivity index (χ4n) is 3.47. The van der Waals surface area contributed by atoms with Crippen LogP contribution in [0.3, 0.4) is 0 Å². The van der Waals surface area contributed by atoms with Crippen LogP contribution in [0.2, 0.25) is 0 Å². The number of ether oxygens (including phenoxy) is 1. The van der Waals surface area contributed by atoms with E-state index in [1.165, 1.54) is 6.92 Å². The summed E-state index contributed by atoms with van der Waals surface area (Å²) in [5.74, 6) is 5.74. The van der Waals surface area contributed by atoms with Crippen LogP contribution in [0.25, 0.3) is 0 Å². The van der Waals surface area contributed by atoms with Crippen molar-refractivity contribution in [2.45, 2.75) is 33.0 Å². The molecule has 0 aliphatic carbocycles. The second-order valence-electron chi connectivity index (χ2n) is 7.42. The first kappa shape index (κ1) is 22.8. The average Bonchev–Trinajstić information content (AvgIpc) is 2.81. The molecule has 0 saturated heterocycles. The Morgan fingerprint density at radius 2 is 1.81 bits per heavy atom. The lowest BCUT2D eigenvalue weighted by Gasteiger charge is -2.15. The molecule has 3 aromatic rings. The van der Waals surface area contributed by atoms with Crippen molar-refractivity contribution in [1.82, 2.24) is 0 Å². The van der Waals surface area contributed by atoms with Gasteiger partial charge >= 0.3 is 0 Å². The zero-order chi connectivity index (χ0) is 23.3.